The minimum absolute atomic E-state index is 0.0578. The molecule has 2 aromatic rings. The molecule has 1 aromatic heterocycles. The van der Waals surface area contributed by atoms with E-state index in [0.29, 0.717) is 35.7 Å². The molecule has 0 radical (unpaired) electrons. The molecule has 8 heteroatoms. The largest absolute Gasteiger partial charge is 0.488 e. The third kappa shape index (κ3) is 5.59. The highest BCUT2D eigenvalue weighted by Gasteiger charge is 2.30. The number of nitrogens with zero attached hydrogens (tertiary/aromatic N) is 2. The third-order valence-electron chi connectivity index (χ3n) is 5.52. The number of hydrogen-bond donors (Lipinski definition) is 3. The first-order valence-electron chi connectivity index (χ1n) is 10.5. The molecule has 166 valence electrons. The van der Waals surface area contributed by atoms with Crippen molar-refractivity contribution < 1.29 is 19.4 Å². The second kappa shape index (κ2) is 10.4. The van der Waals surface area contributed by atoms with Crippen LogP contribution >= 0.6 is 0 Å². The molecule has 0 aliphatic carbocycles. The first-order valence-corrected chi connectivity index (χ1v) is 10.5. The van der Waals surface area contributed by atoms with Gasteiger partial charge in [-0.25, -0.2) is 0 Å². The molecular weight excluding hydrogens is 396 g/mol. The Labute approximate surface area is 182 Å². The summed E-state index contributed by atoms with van der Waals surface area (Å²) in [5.74, 6) is 0.346. The lowest BCUT2D eigenvalue weighted by Crippen LogP contribution is -2.47. The van der Waals surface area contributed by atoms with E-state index in [1.165, 1.54) is 0 Å². The maximum Gasteiger partial charge on any atom is 0.255 e. The number of amides is 2. The zero-order valence-electron chi connectivity index (χ0n) is 18.2. The zero-order valence-corrected chi connectivity index (χ0v) is 18.2. The molecule has 1 aromatic carbocycles. The monoisotopic (exact) mass is 426 g/mol. The summed E-state index contributed by atoms with van der Waals surface area (Å²) in [6.45, 7) is 4.89. The fraction of sp³-hybridized carbons (Fsp3) is 0.435. The van der Waals surface area contributed by atoms with Gasteiger partial charge in [0.1, 0.15) is 11.9 Å². The van der Waals surface area contributed by atoms with Crippen LogP contribution in [0.1, 0.15) is 29.8 Å². The number of benzene rings is 1. The molecule has 0 spiro atoms. The summed E-state index contributed by atoms with van der Waals surface area (Å²) in [6, 6.07) is 8.33. The Morgan fingerprint density at radius 2 is 2.06 bits per heavy atom. The quantitative estimate of drug-likeness (QED) is 0.650. The van der Waals surface area contributed by atoms with Crippen LogP contribution in [0.4, 0.5) is 5.69 Å². The Hall–Kier alpha value is -2.97. The number of aromatic nitrogens is 1. The fourth-order valence-electron chi connectivity index (χ4n) is 3.66. The molecule has 1 aliphatic heterocycles. The van der Waals surface area contributed by atoms with Crippen molar-refractivity contribution in [1.82, 2.24) is 15.2 Å². The number of aliphatic hydroxyl groups excluding tert-OH is 1. The summed E-state index contributed by atoms with van der Waals surface area (Å²) in [7, 11) is 1.86. The molecule has 0 saturated carbocycles. The zero-order chi connectivity index (χ0) is 22.4. The maximum atomic E-state index is 13.1. The highest BCUT2D eigenvalue weighted by atomic mass is 16.5. The number of carbonyl (C=O) groups is 2. The molecule has 0 bridgehead atoms. The molecule has 3 rings (SSSR count). The van der Waals surface area contributed by atoms with Gasteiger partial charge in [0.25, 0.3) is 5.91 Å². The van der Waals surface area contributed by atoms with Gasteiger partial charge in [-0.2, -0.15) is 0 Å². The van der Waals surface area contributed by atoms with E-state index in [0.717, 1.165) is 0 Å². The van der Waals surface area contributed by atoms with E-state index in [-0.39, 0.29) is 42.9 Å². The normalized spacial score (nSPS) is 20.0. The average Bonchev–Trinajstić information content (AvgIpc) is 2.82. The standard InChI is InChI=1S/C23H30N4O4/c1-15-13-27(16(2)14-28)22(29)11-18-10-19(4-5-20(18)31-21(15)12-24-3)26-23(30)17-6-8-25-9-7-17/h4-10,15-16,21,24,28H,11-14H2,1-3H3,(H,26,30)/t15-,16+,21+/m0/s1. The van der Waals surface area contributed by atoms with Gasteiger partial charge in [0.15, 0.2) is 0 Å². The van der Waals surface area contributed by atoms with Gasteiger partial charge >= 0.3 is 0 Å². The van der Waals surface area contributed by atoms with Crippen molar-refractivity contribution in [2.45, 2.75) is 32.4 Å². The minimum Gasteiger partial charge on any atom is -0.488 e. The molecule has 0 saturated heterocycles. The summed E-state index contributed by atoms with van der Waals surface area (Å²) in [6.07, 6.45) is 3.09. The van der Waals surface area contributed by atoms with Crippen LogP contribution in [-0.2, 0) is 11.2 Å². The van der Waals surface area contributed by atoms with Crippen molar-refractivity contribution in [1.29, 1.82) is 0 Å². The van der Waals surface area contributed by atoms with Gasteiger partial charge in [-0.3, -0.25) is 14.6 Å². The second-order valence-electron chi connectivity index (χ2n) is 7.96. The van der Waals surface area contributed by atoms with Crippen LogP contribution in [-0.4, -0.2) is 65.7 Å². The number of nitrogens with one attached hydrogen (secondary N) is 2. The van der Waals surface area contributed by atoms with Crippen LogP contribution in [0.5, 0.6) is 5.75 Å². The van der Waals surface area contributed by atoms with E-state index in [2.05, 4.69) is 15.6 Å². The molecule has 0 fully saturated rings. The van der Waals surface area contributed by atoms with Gasteiger partial charge < -0.3 is 25.4 Å². The average molecular weight is 427 g/mol. The number of aliphatic hydroxyl groups is 1. The number of carbonyl (C=O) groups excluding carboxylic acids is 2. The van der Waals surface area contributed by atoms with Crippen molar-refractivity contribution in [3.05, 3.63) is 53.9 Å². The number of likely N-dealkylation sites (N-methyl/N-ethyl adjacent to an activating group) is 1. The van der Waals surface area contributed by atoms with E-state index < -0.39 is 0 Å². The van der Waals surface area contributed by atoms with Crippen molar-refractivity contribution >= 4 is 17.5 Å². The molecular formula is C23H30N4O4. The molecule has 0 unspecified atom stereocenters. The Morgan fingerprint density at radius 1 is 1.32 bits per heavy atom. The van der Waals surface area contributed by atoms with Crippen molar-refractivity contribution in [3.8, 4) is 5.75 Å². The first kappa shape index (κ1) is 22.7. The Morgan fingerprint density at radius 3 is 2.74 bits per heavy atom. The van der Waals surface area contributed by atoms with Crippen LogP contribution < -0.4 is 15.4 Å². The Balaban J connectivity index is 1.91. The number of hydrogen-bond acceptors (Lipinski definition) is 6. The predicted molar refractivity (Wildman–Crippen MR) is 118 cm³/mol. The Bertz CT molecular complexity index is 906. The lowest BCUT2D eigenvalue weighted by Gasteiger charge is -2.32. The molecule has 31 heavy (non-hydrogen) atoms. The van der Waals surface area contributed by atoms with Gasteiger partial charge in [0.05, 0.1) is 19.1 Å². The lowest BCUT2D eigenvalue weighted by atomic mass is 10.0. The number of rotatable bonds is 6. The molecule has 3 N–H and O–H groups in total. The number of pyridine rings is 1. The van der Waals surface area contributed by atoms with E-state index in [1.807, 2.05) is 20.9 Å². The van der Waals surface area contributed by atoms with Crippen molar-refractivity contribution in [2.24, 2.45) is 5.92 Å². The molecule has 1 aliphatic rings. The van der Waals surface area contributed by atoms with Gasteiger partial charge in [0.2, 0.25) is 5.91 Å². The van der Waals surface area contributed by atoms with Crippen LogP contribution in [0.25, 0.3) is 0 Å². The fourth-order valence-corrected chi connectivity index (χ4v) is 3.66. The summed E-state index contributed by atoms with van der Waals surface area (Å²) in [5, 5.41) is 15.7. The second-order valence-corrected chi connectivity index (χ2v) is 7.96. The van der Waals surface area contributed by atoms with E-state index in [9.17, 15) is 14.7 Å². The highest BCUT2D eigenvalue weighted by Crippen LogP contribution is 2.29. The van der Waals surface area contributed by atoms with Gasteiger partial charge in [0, 0.05) is 48.2 Å². The Kier molecular flexibility index (Phi) is 7.59. The van der Waals surface area contributed by atoms with Gasteiger partial charge in [-0.05, 0) is 44.3 Å². The lowest BCUT2D eigenvalue weighted by molar-refractivity contribution is -0.134. The van der Waals surface area contributed by atoms with Gasteiger partial charge in [-0.1, -0.05) is 6.92 Å². The van der Waals surface area contributed by atoms with Gasteiger partial charge in [-0.15, -0.1) is 0 Å². The highest BCUT2D eigenvalue weighted by molar-refractivity contribution is 6.04. The van der Waals surface area contributed by atoms with Crippen LogP contribution in [0, 0.1) is 5.92 Å². The molecule has 2 heterocycles. The number of ether oxygens (including phenoxy) is 1. The summed E-state index contributed by atoms with van der Waals surface area (Å²) < 4.78 is 6.30. The predicted octanol–water partition coefficient (Wildman–Crippen LogP) is 1.70. The van der Waals surface area contributed by atoms with Crippen LogP contribution in [0.3, 0.4) is 0 Å². The van der Waals surface area contributed by atoms with Crippen molar-refractivity contribution in [2.75, 3.05) is 32.1 Å². The minimum atomic E-state index is -0.290. The molecule has 2 amide bonds. The summed E-state index contributed by atoms with van der Waals surface area (Å²) >= 11 is 0. The molecule has 3 atom stereocenters. The van der Waals surface area contributed by atoms with E-state index >= 15 is 0 Å². The smallest absolute Gasteiger partial charge is 0.255 e. The number of anilines is 1. The first-order chi connectivity index (χ1) is 14.9. The van der Waals surface area contributed by atoms with E-state index in [1.54, 1.807) is 47.6 Å². The summed E-state index contributed by atoms with van der Waals surface area (Å²) in [4.78, 5) is 31.2. The van der Waals surface area contributed by atoms with Crippen molar-refractivity contribution in [3.63, 3.8) is 0 Å². The van der Waals surface area contributed by atoms with E-state index in [4.69, 9.17) is 4.74 Å². The SMILES string of the molecule is CNC[C@H]1Oc2ccc(NC(=O)c3ccncc3)cc2CC(=O)N([C@H](C)CO)C[C@@H]1C. The number of fused-ring (bicyclic) bond motifs is 1. The maximum absolute atomic E-state index is 13.1. The summed E-state index contributed by atoms with van der Waals surface area (Å²) in [5.41, 5.74) is 1.77. The third-order valence-corrected chi connectivity index (χ3v) is 5.52. The topological polar surface area (TPSA) is 104 Å². The molecule has 8 nitrogen and oxygen atoms in total. The van der Waals surface area contributed by atoms with Crippen LogP contribution in [0.15, 0.2) is 42.7 Å². The van der Waals surface area contributed by atoms with Crippen LogP contribution in [0.2, 0.25) is 0 Å².